The molecule has 0 aromatic carbocycles. The van der Waals surface area contributed by atoms with Crippen LogP contribution in [-0.2, 0) is 9.53 Å². The van der Waals surface area contributed by atoms with Gasteiger partial charge in [0.25, 0.3) is 0 Å². The van der Waals surface area contributed by atoms with Gasteiger partial charge in [-0.3, -0.25) is 4.90 Å². The Labute approximate surface area is 101 Å². The van der Waals surface area contributed by atoms with Crippen LogP contribution in [0, 0.1) is 0 Å². The molecule has 0 aromatic heterocycles. The Bertz CT molecular complexity index is 272. The van der Waals surface area contributed by atoms with Crippen LogP contribution in [0.4, 0.5) is 0 Å². The van der Waals surface area contributed by atoms with Crippen LogP contribution in [0.2, 0.25) is 0 Å². The molecule has 0 radical (unpaired) electrons. The number of halogens is 1. The minimum absolute atomic E-state index is 0.295. The molecule has 0 unspecified atom stereocenters. The number of hydrogen-bond acceptors (Lipinski definition) is 4. The standard InChI is InChI=1S/C11H18ClNO3/c1-3-16-10(14)11(15)4-6-13(7-5-11)8-9(2)12/h15H,2-8H2,1H3. The third-order valence-electron chi connectivity index (χ3n) is 2.73. The van der Waals surface area contributed by atoms with Crippen molar-refractivity contribution in [1.82, 2.24) is 4.90 Å². The van der Waals surface area contributed by atoms with Gasteiger partial charge in [-0.05, 0) is 19.8 Å². The van der Waals surface area contributed by atoms with E-state index in [0.717, 1.165) is 0 Å². The number of rotatable bonds is 4. The topological polar surface area (TPSA) is 49.8 Å². The molecule has 92 valence electrons. The number of piperidine rings is 1. The van der Waals surface area contributed by atoms with E-state index in [4.69, 9.17) is 16.3 Å². The number of nitrogens with zero attached hydrogens (tertiary/aromatic N) is 1. The number of hydrogen-bond donors (Lipinski definition) is 1. The van der Waals surface area contributed by atoms with E-state index in [-0.39, 0.29) is 0 Å². The van der Waals surface area contributed by atoms with Crippen molar-refractivity contribution in [3.63, 3.8) is 0 Å². The van der Waals surface area contributed by atoms with Crippen LogP contribution in [0.15, 0.2) is 11.6 Å². The van der Waals surface area contributed by atoms with Crippen LogP contribution in [0.3, 0.4) is 0 Å². The predicted octanol–water partition coefficient (Wildman–Crippen LogP) is 1.13. The zero-order valence-electron chi connectivity index (χ0n) is 9.54. The Morgan fingerprint density at radius 1 is 1.56 bits per heavy atom. The maximum absolute atomic E-state index is 11.5. The fourth-order valence-electron chi connectivity index (χ4n) is 1.79. The lowest BCUT2D eigenvalue weighted by atomic mass is 9.91. The second-order valence-electron chi connectivity index (χ2n) is 4.05. The summed E-state index contributed by atoms with van der Waals surface area (Å²) in [6.07, 6.45) is 0.770. The van der Waals surface area contributed by atoms with Gasteiger partial charge in [0.2, 0.25) is 0 Å². The van der Waals surface area contributed by atoms with E-state index in [0.29, 0.717) is 44.1 Å². The number of ether oxygens (including phenoxy) is 1. The van der Waals surface area contributed by atoms with E-state index in [2.05, 4.69) is 11.5 Å². The summed E-state index contributed by atoms with van der Waals surface area (Å²) in [4.78, 5) is 13.6. The largest absolute Gasteiger partial charge is 0.464 e. The Morgan fingerprint density at radius 3 is 2.56 bits per heavy atom. The van der Waals surface area contributed by atoms with Gasteiger partial charge >= 0.3 is 5.97 Å². The summed E-state index contributed by atoms with van der Waals surface area (Å²) in [6, 6.07) is 0. The van der Waals surface area contributed by atoms with Gasteiger partial charge in [0, 0.05) is 24.7 Å². The summed E-state index contributed by atoms with van der Waals surface area (Å²) in [5, 5.41) is 10.6. The molecule has 0 spiro atoms. The van der Waals surface area contributed by atoms with Crippen molar-refractivity contribution in [1.29, 1.82) is 0 Å². The summed E-state index contributed by atoms with van der Waals surface area (Å²) >= 11 is 5.70. The molecule has 1 saturated heterocycles. The Balaban J connectivity index is 2.46. The first-order chi connectivity index (χ1) is 7.48. The van der Waals surface area contributed by atoms with Gasteiger partial charge in [-0.15, -0.1) is 0 Å². The van der Waals surface area contributed by atoms with Crippen LogP contribution < -0.4 is 0 Å². The molecule has 1 aliphatic rings. The first-order valence-corrected chi connectivity index (χ1v) is 5.81. The molecule has 0 aromatic rings. The Hall–Kier alpha value is -0.580. The summed E-state index contributed by atoms with van der Waals surface area (Å²) in [5.41, 5.74) is -1.32. The van der Waals surface area contributed by atoms with E-state index in [1.54, 1.807) is 6.92 Å². The summed E-state index contributed by atoms with van der Waals surface area (Å²) in [6.45, 7) is 7.49. The smallest absolute Gasteiger partial charge is 0.338 e. The highest BCUT2D eigenvalue weighted by atomic mass is 35.5. The second-order valence-corrected chi connectivity index (χ2v) is 4.58. The van der Waals surface area contributed by atoms with E-state index in [9.17, 15) is 9.90 Å². The number of likely N-dealkylation sites (tertiary alicyclic amines) is 1. The van der Waals surface area contributed by atoms with Gasteiger partial charge in [-0.25, -0.2) is 4.79 Å². The lowest BCUT2D eigenvalue weighted by Gasteiger charge is -2.36. The third kappa shape index (κ3) is 3.47. The highest BCUT2D eigenvalue weighted by Gasteiger charge is 2.40. The Kier molecular flexibility index (Phi) is 4.77. The average molecular weight is 248 g/mol. The minimum Gasteiger partial charge on any atom is -0.464 e. The molecule has 1 aliphatic heterocycles. The minimum atomic E-state index is -1.32. The van der Waals surface area contributed by atoms with Crippen molar-refractivity contribution < 1.29 is 14.6 Å². The molecule has 1 rings (SSSR count). The van der Waals surface area contributed by atoms with Crippen molar-refractivity contribution in [2.45, 2.75) is 25.4 Å². The molecule has 1 fully saturated rings. The van der Waals surface area contributed by atoms with Gasteiger partial charge in [0.05, 0.1) is 6.61 Å². The van der Waals surface area contributed by atoms with Crippen molar-refractivity contribution in [3.05, 3.63) is 11.6 Å². The molecule has 0 amide bonds. The quantitative estimate of drug-likeness (QED) is 0.757. The maximum atomic E-state index is 11.5. The Morgan fingerprint density at radius 2 is 2.12 bits per heavy atom. The highest BCUT2D eigenvalue weighted by Crippen LogP contribution is 2.24. The molecule has 5 heteroatoms. The molecule has 0 aliphatic carbocycles. The number of esters is 1. The summed E-state index contributed by atoms with van der Waals surface area (Å²) in [7, 11) is 0. The molecule has 0 bridgehead atoms. The normalized spacial score (nSPS) is 20.4. The number of carbonyl (C=O) groups excluding carboxylic acids is 1. The van der Waals surface area contributed by atoms with Crippen molar-refractivity contribution in [2.24, 2.45) is 0 Å². The molecule has 1 N–H and O–H groups in total. The predicted molar refractivity (Wildman–Crippen MR) is 62.2 cm³/mol. The van der Waals surface area contributed by atoms with Gasteiger partial charge < -0.3 is 9.84 Å². The SMILES string of the molecule is C=C(Cl)CN1CCC(O)(C(=O)OCC)CC1. The van der Waals surface area contributed by atoms with Crippen molar-refractivity contribution in [3.8, 4) is 0 Å². The van der Waals surface area contributed by atoms with Gasteiger partial charge in [-0.1, -0.05) is 18.2 Å². The van der Waals surface area contributed by atoms with Crippen molar-refractivity contribution >= 4 is 17.6 Å². The van der Waals surface area contributed by atoms with E-state index >= 15 is 0 Å². The highest BCUT2D eigenvalue weighted by molar-refractivity contribution is 6.29. The van der Waals surface area contributed by atoms with Crippen molar-refractivity contribution in [2.75, 3.05) is 26.2 Å². The van der Waals surface area contributed by atoms with Crippen LogP contribution in [0.5, 0.6) is 0 Å². The third-order valence-corrected chi connectivity index (χ3v) is 2.85. The van der Waals surface area contributed by atoms with Crippen LogP contribution in [0.1, 0.15) is 19.8 Å². The molecular weight excluding hydrogens is 230 g/mol. The first kappa shape index (κ1) is 13.5. The molecule has 16 heavy (non-hydrogen) atoms. The lowest BCUT2D eigenvalue weighted by Crippen LogP contribution is -2.50. The molecule has 0 atom stereocenters. The van der Waals surface area contributed by atoms with Gasteiger partial charge in [0.15, 0.2) is 5.60 Å². The summed E-state index contributed by atoms with van der Waals surface area (Å²) in [5.74, 6) is -0.514. The van der Waals surface area contributed by atoms with Crippen LogP contribution >= 0.6 is 11.6 Å². The molecule has 0 saturated carbocycles. The monoisotopic (exact) mass is 247 g/mol. The number of aliphatic hydroxyl groups is 1. The summed E-state index contributed by atoms with van der Waals surface area (Å²) < 4.78 is 4.85. The fraction of sp³-hybridized carbons (Fsp3) is 0.727. The first-order valence-electron chi connectivity index (χ1n) is 5.43. The van der Waals surface area contributed by atoms with Crippen LogP contribution in [-0.4, -0.2) is 47.8 Å². The van der Waals surface area contributed by atoms with E-state index in [1.165, 1.54) is 0 Å². The fourth-order valence-corrected chi connectivity index (χ4v) is 1.96. The van der Waals surface area contributed by atoms with Gasteiger partial charge in [0.1, 0.15) is 0 Å². The second kappa shape index (κ2) is 5.66. The maximum Gasteiger partial charge on any atom is 0.338 e. The molecule has 1 heterocycles. The number of carbonyl (C=O) groups is 1. The molecule has 4 nitrogen and oxygen atoms in total. The van der Waals surface area contributed by atoms with Gasteiger partial charge in [-0.2, -0.15) is 0 Å². The lowest BCUT2D eigenvalue weighted by molar-refractivity contribution is -0.169. The zero-order valence-corrected chi connectivity index (χ0v) is 10.3. The van der Waals surface area contributed by atoms with E-state index < -0.39 is 11.6 Å². The van der Waals surface area contributed by atoms with E-state index in [1.807, 2.05) is 0 Å². The zero-order chi connectivity index (χ0) is 12.2. The van der Waals surface area contributed by atoms with Crippen LogP contribution in [0.25, 0.3) is 0 Å². The average Bonchev–Trinajstić information content (AvgIpc) is 2.21. The molecular formula is C11H18ClNO3.